The van der Waals surface area contributed by atoms with Crippen LogP contribution in [0.2, 0.25) is 0 Å². The lowest BCUT2D eigenvalue weighted by Gasteiger charge is -2.09. The smallest absolute Gasteiger partial charge is 0.276 e. The van der Waals surface area contributed by atoms with E-state index in [4.69, 9.17) is 11.5 Å². The van der Waals surface area contributed by atoms with Crippen LogP contribution in [-0.2, 0) is 0 Å². The van der Waals surface area contributed by atoms with Crippen LogP contribution in [0.1, 0.15) is 40.3 Å². The first kappa shape index (κ1) is 19.2. The van der Waals surface area contributed by atoms with Gasteiger partial charge in [-0.1, -0.05) is 12.1 Å². The summed E-state index contributed by atoms with van der Waals surface area (Å²) in [6, 6.07) is 7.00. The molecule has 7 nitrogen and oxygen atoms in total. The number of hydrogen-bond acceptors (Lipinski definition) is 6. The van der Waals surface area contributed by atoms with Crippen LogP contribution >= 0.6 is 11.3 Å². The molecule has 0 aliphatic heterocycles. The maximum Gasteiger partial charge on any atom is 0.276 e. The van der Waals surface area contributed by atoms with E-state index in [2.05, 4.69) is 15.6 Å². The highest BCUT2D eigenvalue weighted by Gasteiger charge is 2.09. The third-order valence-corrected chi connectivity index (χ3v) is 3.83. The maximum absolute atomic E-state index is 12.1. The second-order valence-electron chi connectivity index (χ2n) is 5.78. The number of carbonyl (C=O) groups excluding carboxylic acids is 2. The third kappa shape index (κ3) is 5.45. The fourth-order valence-electron chi connectivity index (χ4n) is 2.02. The highest BCUT2D eigenvalue weighted by atomic mass is 32.1. The van der Waals surface area contributed by atoms with Crippen LogP contribution in [0.4, 0.5) is 0 Å². The number of nitrogens with zero attached hydrogens (tertiary/aromatic N) is 1. The first-order valence-electron chi connectivity index (χ1n) is 7.90. The van der Waals surface area contributed by atoms with E-state index in [1.807, 2.05) is 13.8 Å². The number of benzene rings is 1. The van der Waals surface area contributed by atoms with Crippen LogP contribution in [0.5, 0.6) is 0 Å². The molecule has 0 bridgehead atoms. The van der Waals surface area contributed by atoms with Gasteiger partial charge >= 0.3 is 0 Å². The molecular formula is C18H21N5O2S. The molecule has 0 radical (unpaired) electrons. The van der Waals surface area contributed by atoms with E-state index in [1.54, 1.807) is 41.2 Å². The summed E-state index contributed by atoms with van der Waals surface area (Å²) in [4.78, 5) is 27.8. The Balaban J connectivity index is 2.08. The molecule has 0 saturated heterocycles. The molecule has 2 amide bonds. The van der Waals surface area contributed by atoms with Gasteiger partial charge in [-0.3, -0.25) is 9.59 Å². The van der Waals surface area contributed by atoms with Crippen molar-refractivity contribution in [3.05, 3.63) is 69.9 Å². The van der Waals surface area contributed by atoms with Crippen LogP contribution in [0.25, 0.3) is 5.70 Å². The first-order valence-corrected chi connectivity index (χ1v) is 8.85. The van der Waals surface area contributed by atoms with Crippen LogP contribution in [0.15, 0.2) is 53.1 Å². The number of aromatic nitrogens is 1. The van der Waals surface area contributed by atoms with Crippen molar-refractivity contribution in [1.29, 1.82) is 0 Å². The van der Waals surface area contributed by atoms with Crippen molar-refractivity contribution in [2.45, 2.75) is 19.9 Å². The number of thiazole rings is 1. The van der Waals surface area contributed by atoms with Crippen LogP contribution in [0, 0.1) is 0 Å². The Kier molecular flexibility index (Phi) is 6.51. The molecule has 1 heterocycles. The first-order chi connectivity index (χ1) is 12.4. The van der Waals surface area contributed by atoms with Gasteiger partial charge in [0.15, 0.2) is 0 Å². The Morgan fingerprint density at radius 3 is 2.54 bits per heavy atom. The Morgan fingerprint density at radius 1 is 1.15 bits per heavy atom. The van der Waals surface area contributed by atoms with Crippen LogP contribution < -0.4 is 22.1 Å². The van der Waals surface area contributed by atoms with E-state index in [0.29, 0.717) is 22.5 Å². The van der Waals surface area contributed by atoms with Crippen LogP contribution in [0.3, 0.4) is 0 Å². The molecule has 26 heavy (non-hydrogen) atoms. The predicted octanol–water partition coefficient (Wildman–Crippen LogP) is 1.81. The van der Waals surface area contributed by atoms with Crippen molar-refractivity contribution < 1.29 is 9.59 Å². The van der Waals surface area contributed by atoms with Gasteiger partial charge in [0.1, 0.15) is 11.5 Å². The van der Waals surface area contributed by atoms with Gasteiger partial charge in [-0.25, -0.2) is 4.98 Å². The molecule has 0 aliphatic carbocycles. The molecule has 8 heteroatoms. The summed E-state index contributed by atoms with van der Waals surface area (Å²) >= 11 is 1.32. The highest BCUT2D eigenvalue weighted by molar-refractivity contribution is 7.07. The van der Waals surface area contributed by atoms with Gasteiger partial charge in [-0.05, 0) is 43.7 Å². The van der Waals surface area contributed by atoms with Gasteiger partial charge in [0.25, 0.3) is 11.8 Å². The van der Waals surface area contributed by atoms with E-state index < -0.39 is 0 Å². The molecule has 1 aromatic carbocycles. The second-order valence-corrected chi connectivity index (χ2v) is 6.50. The molecule has 0 atom stereocenters. The average molecular weight is 371 g/mol. The van der Waals surface area contributed by atoms with E-state index in [1.165, 1.54) is 17.4 Å². The maximum atomic E-state index is 12.1. The average Bonchev–Trinajstić information content (AvgIpc) is 3.14. The van der Waals surface area contributed by atoms with Crippen molar-refractivity contribution in [1.82, 2.24) is 15.6 Å². The van der Waals surface area contributed by atoms with E-state index in [-0.39, 0.29) is 23.7 Å². The second kappa shape index (κ2) is 8.82. The molecular weight excluding hydrogens is 350 g/mol. The third-order valence-electron chi connectivity index (χ3n) is 3.24. The van der Waals surface area contributed by atoms with Gasteiger partial charge < -0.3 is 22.1 Å². The quantitative estimate of drug-likeness (QED) is 0.577. The Bertz CT molecular complexity index is 841. The summed E-state index contributed by atoms with van der Waals surface area (Å²) < 4.78 is 0. The lowest BCUT2D eigenvalue weighted by Crippen LogP contribution is -2.30. The summed E-state index contributed by atoms with van der Waals surface area (Å²) in [5.41, 5.74) is 15.3. The zero-order valence-corrected chi connectivity index (χ0v) is 15.3. The fraction of sp³-hybridized carbons (Fsp3) is 0.167. The van der Waals surface area contributed by atoms with Crippen molar-refractivity contribution in [3.63, 3.8) is 0 Å². The number of carbonyl (C=O) groups is 2. The molecule has 136 valence electrons. The summed E-state index contributed by atoms with van der Waals surface area (Å²) in [6.45, 7) is 3.78. The van der Waals surface area contributed by atoms with Gasteiger partial charge in [-0.15, -0.1) is 11.3 Å². The van der Waals surface area contributed by atoms with E-state index in [9.17, 15) is 9.59 Å². The summed E-state index contributed by atoms with van der Waals surface area (Å²) in [6.07, 6.45) is 3.05. The number of nitrogens with one attached hydrogen (secondary N) is 2. The Morgan fingerprint density at radius 2 is 1.88 bits per heavy atom. The topological polar surface area (TPSA) is 123 Å². The lowest BCUT2D eigenvalue weighted by atomic mass is 10.1. The van der Waals surface area contributed by atoms with Gasteiger partial charge in [0, 0.05) is 22.7 Å². The van der Waals surface area contributed by atoms with Crippen LogP contribution in [-0.4, -0.2) is 22.8 Å². The monoisotopic (exact) mass is 371 g/mol. The SMILES string of the molecule is CC(C)NC(=O)c1cccc(/C(N)=C/C=C(\N)NC(=O)c2cscn2)c1. The fourth-order valence-corrected chi connectivity index (χ4v) is 2.55. The molecule has 0 spiro atoms. The van der Waals surface area contributed by atoms with Crippen molar-refractivity contribution >= 4 is 28.8 Å². The van der Waals surface area contributed by atoms with Gasteiger partial charge in [0.2, 0.25) is 0 Å². The van der Waals surface area contributed by atoms with Crippen molar-refractivity contribution in [2.24, 2.45) is 11.5 Å². The molecule has 0 aliphatic rings. The normalized spacial score (nSPS) is 12.1. The van der Waals surface area contributed by atoms with Crippen molar-refractivity contribution in [3.8, 4) is 0 Å². The van der Waals surface area contributed by atoms with E-state index >= 15 is 0 Å². The highest BCUT2D eigenvalue weighted by Crippen LogP contribution is 2.12. The zero-order chi connectivity index (χ0) is 19.1. The van der Waals surface area contributed by atoms with Gasteiger partial charge in [-0.2, -0.15) is 0 Å². The number of rotatable bonds is 6. The molecule has 0 fully saturated rings. The molecule has 2 rings (SSSR count). The minimum atomic E-state index is -0.390. The molecule has 0 saturated carbocycles. The summed E-state index contributed by atoms with van der Waals surface area (Å²) in [7, 11) is 0. The Hall–Kier alpha value is -3.13. The summed E-state index contributed by atoms with van der Waals surface area (Å²) in [5, 5.41) is 6.97. The molecule has 2 aromatic rings. The lowest BCUT2D eigenvalue weighted by molar-refractivity contribution is 0.0939. The predicted molar refractivity (Wildman–Crippen MR) is 103 cm³/mol. The Labute approximate surface area is 155 Å². The minimum absolute atomic E-state index is 0.0445. The minimum Gasteiger partial charge on any atom is -0.398 e. The molecule has 1 aromatic heterocycles. The zero-order valence-electron chi connectivity index (χ0n) is 14.5. The number of amides is 2. The largest absolute Gasteiger partial charge is 0.398 e. The standard InChI is InChI=1S/C18H21N5O2S/c1-11(2)22-17(24)13-5-3-4-12(8-13)14(19)6-7-16(20)23-18(25)15-9-26-10-21-15/h3-11H,19-20H2,1-2H3,(H,22,24)(H,23,25)/b14-6-,16-7+. The van der Waals surface area contributed by atoms with Crippen molar-refractivity contribution in [2.75, 3.05) is 0 Å². The number of hydrogen-bond donors (Lipinski definition) is 4. The van der Waals surface area contributed by atoms with Gasteiger partial charge in [0.05, 0.1) is 5.51 Å². The number of allylic oxidation sites excluding steroid dienone is 2. The molecule has 6 N–H and O–H groups in total. The summed E-state index contributed by atoms with van der Waals surface area (Å²) in [5.74, 6) is -0.417. The van der Waals surface area contributed by atoms with E-state index in [0.717, 1.165) is 0 Å². The number of nitrogens with two attached hydrogens (primary N) is 2. The molecule has 0 unspecified atom stereocenters.